The summed E-state index contributed by atoms with van der Waals surface area (Å²) in [6.45, 7) is 10.3. The number of rotatable bonds is 3. The number of aliphatic hydroxyl groups excluding tert-OH is 1. The summed E-state index contributed by atoms with van der Waals surface area (Å²) in [5.41, 5.74) is 6.02. The van der Waals surface area contributed by atoms with Crippen LogP contribution in [0.3, 0.4) is 0 Å². The minimum Gasteiger partial charge on any atom is -0.393 e. The summed E-state index contributed by atoms with van der Waals surface area (Å²) in [6.07, 6.45) is 0.431. The zero-order valence-corrected chi connectivity index (χ0v) is 10.2. The highest BCUT2D eigenvalue weighted by atomic mass is 35.5. The monoisotopic (exact) mass is 209 g/mol. The average molecular weight is 210 g/mol. The van der Waals surface area contributed by atoms with E-state index in [0.717, 1.165) is 0 Å². The van der Waals surface area contributed by atoms with Crippen molar-refractivity contribution in [2.45, 2.75) is 53.2 Å². The molecule has 0 fully saturated rings. The second-order valence-corrected chi connectivity index (χ2v) is 5.02. The first-order valence-electron chi connectivity index (χ1n) is 4.68. The van der Waals surface area contributed by atoms with Gasteiger partial charge in [-0.05, 0) is 17.8 Å². The van der Waals surface area contributed by atoms with Gasteiger partial charge in [-0.3, -0.25) is 0 Å². The summed E-state index contributed by atoms with van der Waals surface area (Å²) in [6, 6.07) is 0.0786. The van der Waals surface area contributed by atoms with Crippen LogP contribution in [0.15, 0.2) is 0 Å². The third-order valence-electron chi connectivity index (χ3n) is 2.38. The summed E-state index contributed by atoms with van der Waals surface area (Å²) in [5.74, 6) is 0.304. The fourth-order valence-corrected chi connectivity index (χ4v) is 0.886. The van der Waals surface area contributed by atoms with Gasteiger partial charge in [0.1, 0.15) is 0 Å². The van der Waals surface area contributed by atoms with Gasteiger partial charge in [0, 0.05) is 6.04 Å². The highest BCUT2D eigenvalue weighted by Crippen LogP contribution is 2.22. The van der Waals surface area contributed by atoms with Crippen LogP contribution in [0.5, 0.6) is 0 Å². The Morgan fingerprint density at radius 3 is 1.85 bits per heavy atom. The van der Waals surface area contributed by atoms with E-state index >= 15 is 0 Å². The number of halogens is 1. The Hall–Kier alpha value is 0.210. The minimum absolute atomic E-state index is 0. The van der Waals surface area contributed by atoms with Crippen LogP contribution in [0.1, 0.15) is 41.0 Å². The first-order chi connectivity index (χ1) is 5.25. The van der Waals surface area contributed by atoms with E-state index in [0.29, 0.717) is 12.3 Å². The molecule has 82 valence electrons. The molecule has 2 atom stereocenters. The molecule has 2 nitrogen and oxygen atoms in total. The average Bonchev–Trinajstić information content (AvgIpc) is 1.85. The molecule has 13 heavy (non-hydrogen) atoms. The van der Waals surface area contributed by atoms with Gasteiger partial charge in [-0.25, -0.2) is 0 Å². The fraction of sp³-hybridized carbons (Fsp3) is 1.00. The fourth-order valence-electron chi connectivity index (χ4n) is 0.886. The van der Waals surface area contributed by atoms with Crippen LogP contribution in [-0.2, 0) is 0 Å². The van der Waals surface area contributed by atoms with Crippen LogP contribution < -0.4 is 5.73 Å². The summed E-state index contributed by atoms with van der Waals surface area (Å²) in [5, 5.41) is 9.58. The van der Waals surface area contributed by atoms with Gasteiger partial charge in [0.15, 0.2) is 0 Å². The van der Waals surface area contributed by atoms with E-state index in [-0.39, 0.29) is 30.0 Å². The number of aliphatic hydroxyl groups is 1. The van der Waals surface area contributed by atoms with Crippen molar-refractivity contribution in [2.24, 2.45) is 17.1 Å². The number of nitrogens with two attached hydrogens (primary N) is 1. The van der Waals surface area contributed by atoms with Crippen LogP contribution in [0.4, 0.5) is 0 Å². The van der Waals surface area contributed by atoms with Crippen molar-refractivity contribution >= 4 is 12.4 Å². The Morgan fingerprint density at radius 2 is 1.62 bits per heavy atom. The summed E-state index contributed by atoms with van der Waals surface area (Å²) < 4.78 is 0. The molecule has 0 aromatic carbocycles. The van der Waals surface area contributed by atoms with Crippen LogP contribution >= 0.6 is 12.4 Å². The predicted molar refractivity (Wildman–Crippen MR) is 60.1 cm³/mol. The lowest BCUT2D eigenvalue weighted by Gasteiger charge is -2.29. The van der Waals surface area contributed by atoms with Crippen molar-refractivity contribution in [1.29, 1.82) is 0 Å². The second kappa shape index (κ2) is 5.84. The first-order valence-corrected chi connectivity index (χ1v) is 4.68. The smallest absolute Gasteiger partial charge is 0.0578 e. The zero-order valence-electron chi connectivity index (χ0n) is 9.37. The molecule has 0 heterocycles. The van der Waals surface area contributed by atoms with Crippen molar-refractivity contribution < 1.29 is 5.11 Å². The van der Waals surface area contributed by atoms with Crippen LogP contribution in [0, 0.1) is 11.3 Å². The van der Waals surface area contributed by atoms with Gasteiger partial charge < -0.3 is 10.8 Å². The zero-order chi connectivity index (χ0) is 9.94. The SMILES string of the molecule is CC(C)[C@@H](O)C[C@@H](N)C(C)(C)C.Cl. The predicted octanol–water partition coefficient (Wildman–Crippen LogP) is 2.19. The Morgan fingerprint density at radius 1 is 1.23 bits per heavy atom. The molecule has 0 amide bonds. The van der Waals surface area contributed by atoms with Crippen LogP contribution in [-0.4, -0.2) is 17.3 Å². The maximum Gasteiger partial charge on any atom is 0.0578 e. The minimum atomic E-state index is -0.265. The summed E-state index contributed by atoms with van der Waals surface area (Å²) in [7, 11) is 0. The van der Waals surface area contributed by atoms with Crippen molar-refractivity contribution in [3.05, 3.63) is 0 Å². The third-order valence-corrected chi connectivity index (χ3v) is 2.38. The molecule has 3 N–H and O–H groups in total. The molecular formula is C10H24ClNO. The highest BCUT2D eigenvalue weighted by Gasteiger charge is 2.24. The van der Waals surface area contributed by atoms with E-state index in [2.05, 4.69) is 20.8 Å². The van der Waals surface area contributed by atoms with Crippen molar-refractivity contribution in [1.82, 2.24) is 0 Å². The van der Waals surface area contributed by atoms with Gasteiger partial charge in [-0.2, -0.15) is 0 Å². The van der Waals surface area contributed by atoms with Crippen molar-refractivity contribution in [3.63, 3.8) is 0 Å². The van der Waals surface area contributed by atoms with E-state index in [1.54, 1.807) is 0 Å². The van der Waals surface area contributed by atoms with E-state index in [9.17, 15) is 5.11 Å². The van der Waals surface area contributed by atoms with Gasteiger partial charge in [0.2, 0.25) is 0 Å². The lowest BCUT2D eigenvalue weighted by molar-refractivity contribution is 0.0915. The molecule has 0 aliphatic heterocycles. The van der Waals surface area contributed by atoms with Gasteiger partial charge in [0.05, 0.1) is 6.10 Å². The molecule has 0 aliphatic rings. The number of hydrogen-bond acceptors (Lipinski definition) is 2. The van der Waals surface area contributed by atoms with E-state index < -0.39 is 0 Å². The molecule has 0 spiro atoms. The molecule has 0 unspecified atom stereocenters. The van der Waals surface area contributed by atoms with Crippen LogP contribution in [0.25, 0.3) is 0 Å². The quantitative estimate of drug-likeness (QED) is 0.749. The molecule has 3 heteroatoms. The van der Waals surface area contributed by atoms with E-state index in [1.807, 2.05) is 13.8 Å². The van der Waals surface area contributed by atoms with Gasteiger partial charge in [0.25, 0.3) is 0 Å². The lowest BCUT2D eigenvalue weighted by atomic mass is 9.82. The topological polar surface area (TPSA) is 46.2 Å². The molecule has 0 radical (unpaired) electrons. The maximum atomic E-state index is 9.58. The Bertz CT molecular complexity index is 131. The third kappa shape index (κ3) is 6.30. The van der Waals surface area contributed by atoms with Gasteiger partial charge >= 0.3 is 0 Å². The molecule has 0 saturated carbocycles. The largest absolute Gasteiger partial charge is 0.393 e. The molecular weight excluding hydrogens is 186 g/mol. The molecule has 0 aromatic heterocycles. The maximum absolute atomic E-state index is 9.58. The Balaban J connectivity index is 0. The first kappa shape index (κ1) is 15.7. The molecule has 0 saturated heterocycles. The summed E-state index contributed by atoms with van der Waals surface area (Å²) >= 11 is 0. The molecule has 0 aromatic rings. The molecule has 0 aliphatic carbocycles. The number of hydrogen-bond donors (Lipinski definition) is 2. The van der Waals surface area contributed by atoms with Crippen LogP contribution in [0.2, 0.25) is 0 Å². The van der Waals surface area contributed by atoms with Crippen molar-refractivity contribution in [3.8, 4) is 0 Å². The van der Waals surface area contributed by atoms with E-state index in [1.165, 1.54) is 0 Å². The standard InChI is InChI=1S/C10H23NO.ClH/c1-7(2)8(12)6-9(11)10(3,4)5;/h7-9,12H,6,11H2,1-5H3;1H/t8-,9+;/m0./s1. The lowest BCUT2D eigenvalue weighted by Crippen LogP contribution is -2.39. The van der Waals surface area contributed by atoms with E-state index in [4.69, 9.17) is 5.73 Å². The Labute approximate surface area is 88.3 Å². The Kier molecular flexibility index (Phi) is 7.04. The molecule has 0 rings (SSSR count). The van der Waals surface area contributed by atoms with Gasteiger partial charge in [-0.1, -0.05) is 34.6 Å². The van der Waals surface area contributed by atoms with Crippen molar-refractivity contribution in [2.75, 3.05) is 0 Å². The normalized spacial score (nSPS) is 16.6. The second-order valence-electron chi connectivity index (χ2n) is 5.02. The molecule has 0 bridgehead atoms. The summed E-state index contributed by atoms with van der Waals surface area (Å²) in [4.78, 5) is 0. The highest BCUT2D eigenvalue weighted by molar-refractivity contribution is 5.85. The van der Waals surface area contributed by atoms with Gasteiger partial charge in [-0.15, -0.1) is 12.4 Å².